The van der Waals surface area contributed by atoms with Crippen molar-refractivity contribution in [3.05, 3.63) is 72.3 Å². The minimum atomic E-state index is -0.0418. The van der Waals surface area contributed by atoms with Crippen LogP contribution in [0.25, 0.3) is 16.7 Å². The summed E-state index contributed by atoms with van der Waals surface area (Å²) in [6, 6.07) is 17.9. The van der Waals surface area contributed by atoms with Gasteiger partial charge in [0.1, 0.15) is 5.82 Å². The molecule has 0 radical (unpaired) electrons. The van der Waals surface area contributed by atoms with Gasteiger partial charge in [-0.1, -0.05) is 30.3 Å². The maximum absolute atomic E-state index is 12.9. The number of amides is 1. The predicted molar refractivity (Wildman–Crippen MR) is 114 cm³/mol. The van der Waals surface area contributed by atoms with Crippen LogP contribution in [0.1, 0.15) is 29.2 Å². The van der Waals surface area contributed by atoms with Crippen LogP contribution in [0.2, 0.25) is 0 Å². The minimum Gasteiger partial charge on any atom is -0.337 e. The summed E-state index contributed by atoms with van der Waals surface area (Å²) in [5, 5.41) is 8.64. The summed E-state index contributed by atoms with van der Waals surface area (Å²) in [5.74, 6) is 1.54. The van der Waals surface area contributed by atoms with Gasteiger partial charge in [-0.15, -0.1) is 5.10 Å². The summed E-state index contributed by atoms with van der Waals surface area (Å²) in [6.45, 7) is 4.49. The third-order valence-corrected chi connectivity index (χ3v) is 5.89. The zero-order valence-electron chi connectivity index (χ0n) is 17.0. The lowest BCUT2D eigenvalue weighted by atomic mass is 9.96. The average molecular weight is 400 g/mol. The van der Waals surface area contributed by atoms with Crippen molar-refractivity contribution < 1.29 is 4.79 Å². The van der Waals surface area contributed by atoms with Crippen molar-refractivity contribution in [2.24, 2.45) is 5.92 Å². The number of para-hydroxylation sites is 3. The van der Waals surface area contributed by atoms with E-state index >= 15 is 0 Å². The number of rotatable bonds is 4. The molecule has 30 heavy (non-hydrogen) atoms. The number of carbonyl (C=O) groups excluding carboxylic acids is 1. The summed E-state index contributed by atoms with van der Waals surface area (Å²) >= 11 is 0. The summed E-state index contributed by atoms with van der Waals surface area (Å²) in [6.07, 6.45) is 3.51. The van der Waals surface area contributed by atoms with Crippen LogP contribution in [-0.2, 0) is 6.54 Å². The number of fused-ring (bicyclic) bond motifs is 1. The average Bonchev–Trinajstić information content (AvgIpc) is 3.40. The Hall–Kier alpha value is -3.48. The number of likely N-dealkylation sites (tertiary alicyclic amines) is 1. The molecule has 2 aromatic carbocycles. The van der Waals surface area contributed by atoms with Crippen LogP contribution in [0.4, 0.5) is 0 Å². The van der Waals surface area contributed by atoms with Gasteiger partial charge < -0.3 is 9.47 Å². The molecule has 0 saturated carbocycles. The minimum absolute atomic E-state index is 0.0418. The summed E-state index contributed by atoms with van der Waals surface area (Å²) in [5.41, 5.74) is 3.47. The van der Waals surface area contributed by atoms with E-state index in [2.05, 4.69) is 44.9 Å². The number of imidazole rings is 1. The molecule has 1 saturated heterocycles. The Bertz CT molecular complexity index is 1170. The predicted octanol–water partition coefficient (Wildman–Crippen LogP) is 3.48. The van der Waals surface area contributed by atoms with Crippen molar-refractivity contribution in [2.75, 3.05) is 13.1 Å². The van der Waals surface area contributed by atoms with Gasteiger partial charge in [0.2, 0.25) is 0 Å². The second kappa shape index (κ2) is 7.74. The Balaban J connectivity index is 1.23. The maximum Gasteiger partial charge on any atom is 0.276 e. The number of hydrogen-bond acceptors (Lipinski definition) is 4. The summed E-state index contributed by atoms with van der Waals surface area (Å²) < 4.78 is 2.31. The highest BCUT2D eigenvalue weighted by atomic mass is 16.2. The number of hydrogen-bond donors (Lipinski definition) is 0. The molecule has 152 valence electrons. The van der Waals surface area contributed by atoms with Crippen LogP contribution >= 0.6 is 0 Å². The highest BCUT2D eigenvalue weighted by Gasteiger charge is 2.26. The fraction of sp³-hybridized carbons (Fsp3) is 0.304. The zero-order chi connectivity index (χ0) is 20.5. The van der Waals surface area contributed by atoms with E-state index in [4.69, 9.17) is 0 Å². The number of nitrogens with zero attached hydrogens (tertiary/aromatic N) is 6. The van der Waals surface area contributed by atoms with E-state index in [0.29, 0.717) is 11.6 Å². The van der Waals surface area contributed by atoms with Gasteiger partial charge >= 0.3 is 0 Å². The second-order valence-corrected chi connectivity index (χ2v) is 7.85. The van der Waals surface area contributed by atoms with Crippen LogP contribution in [0.15, 0.2) is 60.8 Å². The van der Waals surface area contributed by atoms with Crippen molar-refractivity contribution >= 4 is 16.9 Å². The van der Waals surface area contributed by atoms with Gasteiger partial charge in [-0.3, -0.25) is 4.79 Å². The Labute approximate surface area is 174 Å². The lowest BCUT2D eigenvalue weighted by Gasteiger charge is -2.32. The first-order chi connectivity index (χ1) is 14.7. The molecule has 1 fully saturated rings. The molecule has 0 atom stereocenters. The van der Waals surface area contributed by atoms with Crippen LogP contribution in [0.5, 0.6) is 0 Å². The van der Waals surface area contributed by atoms with E-state index in [-0.39, 0.29) is 5.91 Å². The molecule has 0 aliphatic carbocycles. The molecule has 5 rings (SSSR count). The molecule has 3 heterocycles. The van der Waals surface area contributed by atoms with E-state index in [1.54, 1.807) is 6.20 Å². The molecule has 4 aromatic rings. The largest absolute Gasteiger partial charge is 0.337 e. The van der Waals surface area contributed by atoms with Gasteiger partial charge in [0.25, 0.3) is 5.91 Å². The monoisotopic (exact) mass is 400 g/mol. The first-order valence-corrected chi connectivity index (χ1v) is 10.4. The Morgan fingerprint density at radius 3 is 2.57 bits per heavy atom. The number of carbonyl (C=O) groups is 1. The normalized spacial score (nSPS) is 15.0. The van der Waals surface area contributed by atoms with Gasteiger partial charge in [-0.25, -0.2) is 4.98 Å². The lowest BCUT2D eigenvalue weighted by Crippen LogP contribution is -2.39. The molecule has 0 bridgehead atoms. The number of piperidine rings is 1. The highest BCUT2D eigenvalue weighted by Crippen LogP contribution is 2.24. The van der Waals surface area contributed by atoms with Gasteiger partial charge in [0, 0.05) is 19.6 Å². The lowest BCUT2D eigenvalue weighted by molar-refractivity contribution is 0.0676. The molecule has 1 aliphatic heterocycles. The van der Waals surface area contributed by atoms with Crippen LogP contribution < -0.4 is 0 Å². The molecule has 0 N–H and O–H groups in total. The second-order valence-electron chi connectivity index (χ2n) is 7.85. The summed E-state index contributed by atoms with van der Waals surface area (Å²) in [7, 11) is 0. The number of aromatic nitrogens is 5. The molecule has 1 amide bonds. The van der Waals surface area contributed by atoms with Crippen molar-refractivity contribution in [3.8, 4) is 5.69 Å². The Kier molecular flexibility index (Phi) is 4.78. The van der Waals surface area contributed by atoms with Crippen molar-refractivity contribution in [1.82, 2.24) is 29.4 Å². The molecule has 7 heteroatoms. The maximum atomic E-state index is 12.9. The van der Waals surface area contributed by atoms with E-state index in [1.807, 2.05) is 41.3 Å². The van der Waals surface area contributed by atoms with Crippen LogP contribution in [0, 0.1) is 12.8 Å². The molecule has 1 aliphatic rings. The molecule has 0 unspecified atom stereocenters. The van der Waals surface area contributed by atoms with Crippen molar-refractivity contribution in [2.45, 2.75) is 26.3 Å². The fourth-order valence-electron chi connectivity index (χ4n) is 4.21. The first-order valence-electron chi connectivity index (χ1n) is 10.4. The molecular weight excluding hydrogens is 376 g/mol. The van der Waals surface area contributed by atoms with E-state index in [0.717, 1.165) is 49.5 Å². The van der Waals surface area contributed by atoms with Crippen molar-refractivity contribution in [3.63, 3.8) is 0 Å². The topological polar surface area (TPSA) is 68.8 Å². The van der Waals surface area contributed by atoms with Crippen LogP contribution in [-0.4, -0.2) is 48.4 Å². The summed E-state index contributed by atoms with van der Waals surface area (Å²) in [4.78, 5) is 21.0. The number of benzene rings is 2. The molecule has 0 spiro atoms. The van der Waals surface area contributed by atoms with Gasteiger partial charge in [-0.05, 0) is 49.9 Å². The third kappa shape index (κ3) is 3.47. The molecule has 7 nitrogen and oxygen atoms in total. The smallest absolute Gasteiger partial charge is 0.276 e. The van der Waals surface area contributed by atoms with E-state index in [9.17, 15) is 4.79 Å². The van der Waals surface area contributed by atoms with Crippen LogP contribution in [0.3, 0.4) is 0 Å². The highest BCUT2D eigenvalue weighted by molar-refractivity contribution is 5.92. The van der Waals surface area contributed by atoms with Crippen molar-refractivity contribution in [1.29, 1.82) is 0 Å². The standard InChI is InChI=1S/C23H24N6O/c1-17-25-20-9-5-6-10-22(20)28(17)16-18-11-13-27(14-12-18)23(30)21-15-24-29(26-21)19-7-3-2-4-8-19/h2-10,15,18H,11-14,16H2,1H3. The fourth-order valence-corrected chi connectivity index (χ4v) is 4.21. The molecular formula is C23H24N6O. The first kappa shape index (κ1) is 18.5. The SMILES string of the molecule is Cc1nc2ccccc2n1CC1CCN(C(=O)c2cnn(-c3ccccc3)n2)CC1. The van der Waals surface area contributed by atoms with Gasteiger partial charge in [-0.2, -0.15) is 9.90 Å². The third-order valence-electron chi connectivity index (χ3n) is 5.89. The van der Waals surface area contributed by atoms with E-state index < -0.39 is 0 Å². The number of aryl methyl sites for hydroxylation is 1. The Morgan fingerprint density at radius 2 is 1.77 bits per heavy atom. The van der Waals surface area contributed by atoms with Gasteiger partial charge in [0.15, 0.2) is 5.69 Å². The quantitative estimate of drug-likeness (QED) is 0.526. The molecule has 2 aromatic heterocycles. The zero-order valence-corrected chi connectivity index (χ0v) is 17.0. The van der Waals surface area contributed by atoms with Gasteiger partial charge in [0.05, 0.1) is 22.9 Å². The van der Waals surface area contributed by atoms with E-state index in [1.165, 1.54) is 10.3 Å². The Morgan fingerprint density at radius 1 is 1.03 bits per heavy atom.